The van der Waals surface area contributed by atoms with Crippen molar-refractivity contribution in [1.29, 1.82) is 0 Å². The molecule has 7 heteroatoms. The number of methoxy groups -OCH3 is 1. The second-order valence-electron chi connectivity index (χ2n) is 5.97. The number of benzene rings is 2. The molecule has 3 aromatic rings. The molecule has 0 radical (unpaired) electrons. The first-order valence-electron chi connectivity index (χ1n) is 8.22. The van der Waals surface area contributed by atoms with Gasteiger partial charge >= 0.3 is 0 Å². The number of carbonyl (C=O) groups is 2. The van der Waals surface area contributed by atoms with Gasteiger partial charge in [0, 0.05) is 6.42 Å². The molecule has 2 aromatic carbocycles. The number of imide groups is 1. The third kappa shape index (κ3) is 3.06. The number of amides is 2. The van der Waals surface area contributed by atoms with Gasteiger partial charge in [-0.1, -0.05) is 12.1 Å². The van der Waals surface area contributed by atoms with E-state index < -0.39 is 5.25 Å². The standard InChI is InChI=1S/C19H17N3O3S/c1-25-13-8-6-12(7-9-13)22-18(23)10-16(19(22)24)26-11-17-20-14-4-2-3-5-15(14)21-17/h2-9,16H,10-11H2,1H3,(H,20,21)/t16-/m0/s1. The Kier molecular flexibility index (Phi) is 4.38. The van der Waals surface area contributed by atoms with Crippen LogP contribution in [0.2, 0.25) is 0 Å². The molecule has 132 valence electrons. The highest BCUT2D eigenvalue weighted by Gasteiger charge is 2.39. The quantitative estimate of drug-likeness (QED) is 0.701. The van der Waals surface area contributed by atoms with Crippen molar-refractivity contribution in [3.8, 4) is 5.75 Å². The molecule has 2 amide bonds. The van der Waals surface area contributed by atoms with E-state index in [0.29, 0.717) is 17.2 Å². The van der Waals surface area contributed by atoms with Gasteiger partial charge in [-0.25, -0.2) is 9.88 Å². The fourth-order valence-electron chi connectivity index (χ4n) is 2.99. The molecule has 0 saturated carbocycles. The lowest BCUT2D eigenvalue weighted by atomic mass is 10.3. The van der Waals surface area contributed by atoms with Gasteiger partial charge in [-0.05, 0) is 36.4 Å². The minimum absolute atomic E-state index is 0.178. The minimum atomic E-state index is -0.391. The number of thioether (sulfide) groups is 1. The van der Waals surface area contributed by atoms with Crippen LogP contribution in [0.15, 0.2) is 48.5 Å². The number of fused-ring (bicyclic) bond motifs is 1. The summed E-state index contributed by atoms with van der Waals surface area (Å²) in [7, 11) is 1.58. The molecule has 0 spiro atoms. The Morgan fingerprint density at radius 1 is 1.19 bits per heavy atom. The van der Waals surface area contributed by atoms with E-state index >= 15 is 0 Å². The fraction of sp³-hybridized carbons (Fsp3) is 0.211. The molecule has 1 fully saturated rings. The number of imidazole rings is 1. The number of hydrogen-bond acceptors (Lipinski definition) is 5. The lowest BCUT2D eigenvalue weighted by Gasteiger charge is -2.15. The first-order valence-corrected chi connectivity index (χ1v) is 9.26. The number of ether oxygens (including phenoxy) is 1. The molecule has 2 heterocycles. The van der Waals surface area contributed by atoms with E-state index in [1.807, 2.05) is 24.3 Å². The van der Waals surface area contributed by atoms with Gasteiger partial charge < -0.3 is 9.72 Å². The third-order valence-corrected chi connectivity index (χ3v) is 5.51. The topological polar surface area (TPSA) is 75.3 Å². The Morgan fingerprint density at radius 3 is 2.69 bits per heavy atom. The molecule has 1 aliphatic heterocycles. The van der Waals surface area contributed by atoms with Gasteiger partial charge in [-0.2, -0.15) is 0 Å². The van der Waals surface area contributed by atoms with E-state index in [0.717, 1.165) is 16.9 Å². The number of aromatic amines is 1. The molecule has 1 aromatic heterocycles. The van der Waals surface area contributed by atoms with Crippen LogP contribution in [0.25, 0.3) is 11.0 Å². The average Bonchev–Trinajstić information content (AvgIpc) is 3.20. The number of carbonyl (C=O) groups excluding carboxylic acids is 2. The van der Waals surface area contributed by atoms with E-state index in [-0.39, 0.29) is 18.2 Å². The monoisotopic (exact) mass is 367 g/mol. The molecule has 26 heavy (non-hydrogen) atoms. The molecule has 1 aliphatic rings. The normalized spacial score (nSPS) is 17.3. The second-order valence-corrected chi connectivity index (χ2v) is 7.16. The maximum absolute atomic E-state index is 12.7. The summed E-state index contributed by atoms with van der Waals surface area (Å²) in [4.78, 5) is 34.0. The fourth-order valence-corrected chi connectivity index (χ4v) is 3.99. The number of nitrogens with zero attached hydrogens (tertiary/aromatic N) is 2. The highest BCUT2D eigenvalue weighted by Crippen LogP contribution is 2.32. The van der Waals surface area contributed by atoms with Gasteiger partial charge in [0.15, 0.2) is 0 Å². The number of anilines is 1. The summed E-state index contributed by atoms with van der Waals surface area (Å²) in [6, 6.07) is 14.7. The molecular weight excluding hydrogens is 350 g/mol. The van der Waals surface area contributed by atoms with Crippen LogP contribution in [0.3, 0.4) is 0 Å². The van der Waals surface area contributed by atoms with E-state index in [2.05, 4.69) is 9.97 Å². The van der Waals surface area contributed by atoms with Crippen LogP contribution in [0, 0.1) is 0 Å². The van der Waals surface area contributed by atoms with Gasteiger partial charge in [0.25, 0.3) is 0 Å². The van der Waals surface area contributed by atoms with Crippen LogP contribution in [0.4, 0.5) is 5.69 Å². The van der Waals surface area contributed by atoms with Gasteiger partial charge in [0.1, 0.15) is 11.6 Å². The van der Waals surface area contributed by atoms with Crippen LogP contribution in [-0.4, -0.2) is 34.1 Å². The Hall–Kier alpha value is -2.80. The Morgan fingerprint density at radius 2 is 1.96 bits per heavy atom. The number of hydrogen-bond donors (Lipinski definition) is 1. The van der Waals surface area contributed by atoms with E-state index in [1.165, 1.54) is 16.7 Å². The second kappa shape index (κ2) is 6.84. The van der Waals surface area contributed by atoms with Crippen LogP contribution >= 0.6 is 11.8 Å². The maximum Gasteiger partial charge on any atom is 0.247 e. The zero-order valence-corrected chi connectivity index (χ0v) is 15.0. The molecule has 1 N–H and O–H groups in total. The first kappa shape index (κ1) is 16.7. The van der Waals surface area contributed by atoms with Crippen LogP contribution in [-0.2, 0) is 15.3 Å². The van der Waals surface area contributed by atoms with Crippen LogP contribution in [0.5, 0.6) is 5.75 Å². The van der Waals surface area contributed by atoms with Crippen molar-refractivity contribution in [1.82, 2.24) is 9.97 Å². The number of nitrogens with one attached hydrogen (secondary N) is 1. The minimum Gasteiger partial charge on any atom is -0.497 e. The molecule has 0 bridgehead atoms. The van der Waals surface area contributed by atoms with Gasteiger partial charge in [0.05, 0.1) is 34.8 Å². The first-order chi connectivity index (χ1) is 12.7. The summed E-state index contributed by atoms with van der Waals surface area (Å²) in [5.41, 5.74) is 2.45. The van der Waals surface area contributed by atoms with Crippen molar-refractivity contribution in [2.24, 2.45) is 0 Å². The van der Waals surface area contributed by atoms with E-state index in [9.17, 15) is 9.59 Å². The highest BCUT2D eigenvalue weighted by atomic mass is 32.2. The Bertz CT molecular complexity index is 935. The molecule has 4 rings (SSSR count). The van der Waals surface area contributed by atoms with Gasteiger partial charge in [-0.3, -0.25) is 9.59 Å². The summed E-state index contributed by atoms with van der Waals surface area (Å²) >= 11 is 1.44. The number of H-pyrrole nitrogens is 1. The van der Waals surface area contributed by atoms with Crippen molar-refractivity contribution in [2.45, 2.75) is 17.4 Å². The van der Waals surface area contributed by atoms with Crippen molar-refractivity contribution < 1.29 is 14.3 Å². The lowest BCUT2D eigenvalue weighted by Crippen LogP contribution is -2.31. The summed E-state index contributed by atoms with van der Waals surface area (Å²) in [6.45, 7) is 0. The Labute approximate surface area is 154 Å². The highest BCUT2D eigenvalue weighted by molar-refractivity contribution is 7.99. The zero-order valence-electron chi connectivity index (χ0n) is 14.1. The van der Waals surface area contributed by atoms with Crippen LogP contribution in [0.1, 0.15) is 12.2 Å². The van der Waals surface area contributed by atoms with Crippen molar-refractivity contribution in [3.05, 3.63) is 54.4 Å². The van der Waals surface area contributed by atoms with Gasteiger partial charge in [-0.15, -0.1) is 11.8 Å². The van der Waals surface area contributed by atoms with Crippen LogP contribution < -0.4 is 9.64 Å². The van der Waals surface area contributed by atoms with Gasteiger partial charge in [0.2, 0.25) is 11.8 Å². The summed E-state index contributed by atoms with van der Waals surface area (Å²) in [5.74, 6) is 1.68. The molecule has 1 atom stereocenters. The maximum atomic E-state index is 12.7. The van der Waals surface area contributed by atoms with E-state index in [4.69, 9.17) is 4.74 Å². The molecule has 6 nitrogen and oxygen atoms in total. The molecule has 1 saturated heterocycles. The SMILES string of the molecule is COc1ccc(N2C(=O)C[C@H](SCc3nc4ccccc4[nH]3)C2=O)cc1. The smallest absolute Gasteiger partial charge is 0.247 e. The number of para-hydroxylation sites is 2. The molecular formula is C19H17N3O3S. The zero-order chi connectivity index (χ0) is 18.1. The van der Waals surface area contributed by atoms with Crippen molar-refractivity contribution >= 4 is 40.3 Å². The lowest BCUT2D eigenvalue weighted by molar-refractivity contribution is -0.121. The summed E-state index contributed by atoms with van der Waals surface area (Å²) in [6.07, 6.45) is 0.204. The molecule has 0 aliphatic carbocycles. The summed E-state index contributed by atoms with van der Waals surface area (Å²) < 4.78 is 5.12. The van der Waals surface area contributed by atoms with E-state index in [1.54, 1.807) is 31.4 Å². The average molecular weight is 367 g/mol. The van der Waals surface area contributed by atoms with Crippen molar-refractivity contribution in [3.63, 3.8) is 0 Å². The van der Waals surface area contributed by atoms with Crippen molar-refractivity contribution in [2.75, 3.05) is 12.0 Å². The predicted molar refractivity (Wildman–Crippen MR) is 101 cm³/mol. The largest absolute Gasteiger partial charge is 0.497 e. The number of rotatable bonds is 5. The number of aromatic nitrogens is 2. The summed E-state index contributed by atoms with van der Waals surface area (Å²) in [5, 5.41) is -0.391. The third-order valence-electron chi connectivity index (χ3n) is 4.30. The Balaban J connectivity index is 1.46. The predicted octanol–water partition coefficient (Wildman–Crippen LogP) is 3.14. The molecule has 0 unspecified atom stereocenters.